The number of benzene rings is 1. The summed E-state index contributed by atoms with van der Waals surface area (Å²) in [6.07, 6.45) is 1.76. The molecule has 0 atom stereocenters. The van der Waals surface area contributed by atoms with Gasteiger partial charge >= 0.3 is 0 Å². The molecule has 0 fully saturated rings. The summed E-state index contributed by atoms with van der Waals surface area (Å²) in [5.41, 5.74) is 2.93. The highest BCUT2D eigenvalue weighted by Gasteiger charge is 2.12. The van der Waals surface area contributed by atoms with Crippen molar-refractivity contribution in [2.45, 2.75) is 6.92 Å². The standard InChI is InChI=1S/C14H13N3O2/c1-9-7-13(18)17-14(16-9)11(8-15-17)10-5-3-4-6-12(10)19-2/h3-8,15H,1-2H3. The zero-order chi connectivity index (χ0) is 13.4. The number of nitrogens with zero attached hydrogens (tertiary/aromatic N) is 2. The minimum atomic E-state index is -0.122. The van der Waals surface area contributed by atoms with Crippen molar-refractivity contribution in [2.75, 3.05) is 7.11 Å². The Balaban J connectivity index is 2.35. The molecule has 0 saturated heterocycles. The Morgan fingerprint density at radius 1 is 1.26 bits per heavy atom. The lowest BCUT2D eigenvalue weighted by Gasteiger charge is -2.06. The average Bonchev–Trinajstić information content (AvgIpc) is 2.82. The molecule has 3 aromatic rings. The lowest BCUT2D eigenvalue weighted by atomic mass is 10.1. The van der Waals surface area contributed by atoms with Gasteiger partial charge in [0.15, 0.2) is 5.65 Å². The quantitative estimate of drug-likeness (QED) is 0.762. The van der Waals surface area contributed by atoms with Gasteiger partial charge in [-0.1, -0.05) is 18.2 Å². The van der Waals surface area contributed by atoms with Gasteiger partial charge in [0.25, 0.3) is 5.56 Å². The maximum Gasteiger partial charge on any atom is 0.272 e. The Labute approximate surface area is 109 Å². The summed E-state index contributed by atoms with van der Waals surface area (Å²) in [5.74, 6) is 0.750. The summed E-state index contributed by atoms with van der Waals surface area (Å²) < 4.78 is 6.77. The number of hydrogen-bond acceptors (Lipinski definition) is 3. The number of aryl methyl sites for hydroxylation is 1. The molecule has 0 radical (unpaired) electrons. The van der Waals surface area contributed by atoms with E-state index in [0.717, 1.165) is 16.9 Å². The van der Waals surface area contributed by atoms with Gasteiger partial charge in [0.1, 0.15) is 5.75 Å². The molecule has 3 rings (SSSR count). The van der Waals surface area contributed by atoms with Crippen LogP contribution >= 0.6 is 0 Å². The van der Waals surface area contributed by atoms with Gasteiger partial charge in [-0.05, 0) is 13.0 Å². The molecule has 2 aromatic heterocycles. The molecule has 0 aliphatic heterocycles. The molecule has 0 saturated carbocycles. The smallest absolute Gasteiger partial charge is 0.272 e. The van der Waals surface area contributed by atoms with E-state index >= 15 is 0 Å². The number of ether oxygens (including phenoxy) is 1. The molecule has 0 unspecified atom stereocenters. The highest BCUT2D eigenvalue weighted by molar-refractivity contribution is 5.81. The van der Waals surface area contributed by atoms with E-state index in [9.17, 15) is 4.79 Å². The molecule has 5 heteroatoms. The first kappa shape index (κ1) is 11.5. The number of fused-ring (bicyclic) bond motifs is 1. The molecule has 0 bridgehead atoms. The van der Waals surface area contributed by atoms with E-state index in [0.29, 0.717) is 11.3 Å². The van der Waals surface area contributed by atoms with Crippen LogP contribution in [-0.2, 0) is 0 Å². The van der Waals surface area contributed by atoms with Gasteiger partial charge in [-0.15, -0.1) is 0 Å². The van der Waals surface area contributed by atoms with Crippen molar-refractivity contribution < 1.29 is 4.74 Å². The van der Waals surface area contributed by atoms with Crippen LogP contribution in [0.4, 0.5) is 0 Å². The second-order valence-corrected chi connectivity index (χ2v) is 4.28. The van der Waals surface area contributed by atoms with Gasteiger partial charge in [0.05, 0.1) is 7.11 Å². The number of nitrogens with one attached hydrogen (secondary N) is 1. The van der Waals surface area contributed by atoms with Crippen LogP contribution in [0.2, 0.25) is 0 Å². The Hall–Kier alpha value is -2.56. The zero-order valence-electron chi connectivity index (χ0n) is 10.7. The molecule has 0 spiro atoms. The average molecular weight is 255 g/mol. The van der Waals surface area contributed by atoms with Crippen LogP contribution in [0.25, 0.3) is 16.8 Å². The van der Waals surface area contributed by atoms with Crippen molar-refractivity contribution in [3.63, 3.8) is 0 Å². The van der Waals surface area contributed by atoms with Crippen LogP contribution in [0, 0.1) is 6.92 Å². The molecule has 0 aliphatic carbocycles. The fourth-order valence-corrected chi connectivity index (χ4v) is 2.16. The van der Waals surface area contributed by atoms with Gasteiger partial charge in [0.2, 0.25) is 0 Å². The van der Waals surface area contributed by atoms with E-state index in [-0.39, 0.29) is 5.56 Å². The zero-order valence-corrected chi connectivity index (χ0v) is 10.7. The van der Waals surface area contributed by atoms with E-state index in [4.69, 9.17) is 4.74 Å². The molecule has 96 valence electrons. The van der Waals surface area contributed by atoms with E-state index in [1.807, 2.05) is 24.3 Å². The van der Waals surface area contributed by atoms with Gasteiger partial charge in [-0.3, -0.25) is 9.89 Å². The molecule has 2 heterocycles. The highest BCUT2D eigenvalue weighted by atomic mass is 16.5. The molecule has 1 aromatic carbocycles. The van der Waals surface area contributed by atoms with Crippen molar-refractivity contribution in [1.29, 1.82) is 0 Å². The lowest BCUT2D eigenvalue weighted by Crippen LogP contribution is -2.14. The predicted octanol–water partition coefficient (Wildman–Crippen LogP) is 2.01. The largest absolute Gasteiger partial charge is 0.496 e. The molecular weight excluding hydrogens is 242 g/mol. The Morgan fingerprint density at radius 2 is 2.05 bits per heavy atom. The summed E-state index contributed by atoms with van der Waals surface area (Å²) in [5, 5.41) is 2.92. The number of H-pyrrole nitrogens is 1. The van der Waals surface area contributed by atoms with E-state index in [2.05, 4.69) is 10.1 Å². The maximum atomic E-state index is 11.9. The van der Waals surface area contributed by atoms with Crippen molar-refractivity contribution >= 4 is 5.65 Å². The van der Waals surface area contributed by atoms with E-state index in [1.54, 1.807) is 20.2 Å². The summed E-state index contributed by atoms with van der Waals surface area (Å²) in [7, 11) is 1.62. The van der Waals surface area contributed by atoms with Crippen LogP contribution < -0.4 is 10.3 Å². The fraction of sp³-hybridized carbons (Fsp3) is 0.143. The molecule has 0 aliphatic rings. The minimum Gasteiger partial charge on any atom is -0.496 e. The number of aromatic nitrogens is 3. The van der Waals surface area contributed by atoms with Crippen LogP contribution in [-0.4, -0.2) is 21.7 Å². The Morgan fingerprint density at radius 3 is 2.84 bits per heavy atom. The van der Waals surface area contributed by atoms with Crippen LogP contribution in [0.5, 0.6) is 5.75 Å². The van der Waals surface area contributed by atoms with Crippen LogP contribution in [0.3, 0.4) is 0 Å². The highest BCUT2D eigenvalue weighted by Crippen LogP contribution is 2.31. The predicted molar refractivity (Wildman–Crippen MR) is 72.5 cm³/mol. The molecule has 0 amide bonds. The summed E-state index contributed by atoms with van der Waals surface area (Å²) in [6, 6.07) is 9.15. The fourth-order valence-electron chi connectivity index (χ4n) is 2.16. The first-order chi connectivity index (χ1) is 9.20. The molecule has 5 nitrogen and oxygen atoms in total. The topological polar surface area (TPSA) is 59.4 Å². The third-order valence-electron chi connectivity index (χ3n) is 3.02. The summed E-state index contributed by atoms with van der Waals surface area (Å²) >= 11 is 0. The maximum absolute atomic E-state index is 11.9. The second-order valence-electron chi connectivity index (χ2n) is 4.28. The monoisotopic (exact) mass is 255 g/mol. The molecule has 19 heavy (non-hydrogen) atoms. The van der Waals surface area contributed by atoms with E-state index in [1.165, 1.54) is 10.6 Å². The van der Waals surface area contributed by atoms with Crippen LogP contribution in [0.1, 0.15) is 5.69 Å². The van der Waals surface area contributed by atoms with Crippen molar-refractivity contribution in [3.05, 3.63) is 52.6 Å². The van der Waals surface area contributed by atoms with Crippen molar-refractivity contribution in [1.82, 2.24) is 14.6 Å². The summed E-state index contributed by atoms with van der Waals surface area (Å²) in [6.45, 7) is 1.81. The van der Waals surface area contributed by atoms with Crippen molar-refractivity contribution in [2.24, 2.45) is 0 Å². The summed E-state index contributed by atoms with van der Waals surface area (Å²) in [4.78, 5) is 16.3. The number of aromatic amines is 1. The van der Waals surface area contributed by atoms with E-state index < -0.39 is 0 Å². The van der Waals surface area contributed by atoms with Crippen molar-refractivity contribution in [3.8, 4) is 16.9 Å². The van der Waals surface area contributed by atoms with Gasteiger partial charge in [-0.25, -0.2) is 9.50 Å². The first-order valence-corrected chi connectivity index (χ1v) is 5.92. The van der Waals surface area contributed by atoms with Gasteiger partial charge in [-0.2, -0.15) is 0 Å². The van der Waals surface area contributed by atoms with Gasteiger partial charge in [0, 0.05) is 29.1 Å². The number of rotatable bonds is 2. The third kappa shape index (κ3) is 1.79. The SMILES string of the molecule is COc1ccccc1-c1c[nH]n2c(=O)cc(C)nc12. The van der Waals surface area contributed by atoms with Crippen LogP contribution in [0.15, 0.2) is 41.3 Å². The molecular formula is C14H13N3O2. The Bertz CT molecular complexity index is 802. The molecule has 1 N–H and O–H groups in total. The minimum absolute atomic E-state index is 0.122. The lowest BCUT2D eigenvalue weighted by molar-refractivity contribution is 0.416. The van der Waals surface area contributed by atoms with Gasteiger partial charge < -0.3 is 4.74 Å². The number of methoxy groups -OCH3 is 1. The normalized spacial score (nSPS) is 10.8. The number of hydrogen-bond donors (Lipinski definition) is 1. The second kappa shape index (κ2) is 4.28. The Kier molecular flexibility index (Phi) is 2.59. The third-order valence-corrected chi connectivity index (χ3v) is 3.02. The first-order valence-electron chi connectivity index (χ1n) is 5.92. The number of para-hydroxylation sites is 1.